The SMILES string of the molecule is Cc1cc(C)c(N(c2cc(-c3cc(-c4ccccc4)c(C)cn3)cc(-c3c(C)cccc3C)c2)c2cc(-c3cc(-c4ccccc4)c(C)cn3)cc(-c3c(C)cccc3C)c2)c(-c2ccccc2)c1. The molecule has 0 aliphatic rings. The zero-order valence-electron chi connectivity index (χ0n) is 40.9. The van der Waals surface area contributed by atoms with Crippen LogP contribution >= 0.6 is 0 Å². The van der Waals surface area contributed by atoms with Crippen LogP contribution in [-0.2, 0) is 0 Å². The Bertz CT molecular complexity index is 3290. The Hall–Kier alpha value is -8.14. The Labute approximate surface area is 408 Å². The zero-order valence-corrected chi connectivity index (χ0v) is 40.9. The number of hydrogen-bond acceptors (Lipinski definition) is 3. The largest absolute Gasteiger partial charge is 0.310 e. The van der Waals surface area contributed by atoms with Gasteiger partial charge in [-0.1, -0.05) is 139 Å². The molecule has 10 rings (SSSR count). The standard InChI is InChI=1S/C66H57N3/c1-42-30-47(6)66(61(31-42)52-28-16-11-17-29-52)69(57-34-53(32-55(36-57)64-43(2)20-18-21-44(64)3)62-38-59(48(7)40-67-62)50-24-12-9-13-25-50)58-35-54(33-56(37-58)65-45(4)22-19-23-46(65)5)63-39-60(49(8)41-68-63)51-26-14-10-15-27-51/h9-41H,1-8H3. The summed E-state index contributed by atoms with van der Waals surface area (Å²) in [4.78, 5) is 12.9. The minimum atomic E-state index is 0.917. The predicted octanol–water partition coefficient (Wildman–Crippen LogP) is 18.1. The number of pyridine rings is 2. The maximum Gasteiger partial charge on any atom is 0.0709 e. The molecule has 0 spiro atoms. The van der Waals surface area contributed by atoms with Crippen molar-refractivity contribution in [1.82, 2.24) is 9.97 Å². The lowest BCUT2D eigenvalue weighted by Crippen LogP contribution is -2.14. The van der Waals surface area contributed by atoms with E-state index in [2.05, 4.69) is 248 Å². The van der Waals surface area contributed by atoms with Crippen molar-refractivity contribution in [1.29, 1.82) is 0 Å². The monoisotopic (exact) mass is 891 g/mol. The molecule has 10 aromatic rings. The first kappa shape index (κ1) is 44.7. The fourth-order valence-electron chi connectivity index (χ4n) is 10.3. The molecule has 69 heavy (non-hydrogen) atoms. The van der Waals surface area contributed by atoms with E-state index in [0.717, 1.165) is 73.0 Å². The summed E-state index contributed by atoms with van der Waals surface area (Å²) in [6.07, 6.45) is 4.05. The number of benzene rings is 8. The number of nitrogens with zero attached hydrogens (tertiary/aromatic N) is 3. The lowest BCUT2D eigenvalue weighted by Gasteiger charge is -2.32. The van der Waals surface area contributed by atoms with Gasteiger partial charge in [0.05, 0.1) is 17.1 Å². The highest BCUT2D eigenvalue weighted by Crippen LogP contribution is 2.48. The number of aromatic nitrogens is 2. The van der Waals surface area contributed by atoms with E-state index in [-0.39, 0.29) is 0 Å². The Kier molecular flexibility index (Phi) is 12.2. The third-order valence-corrected chi connectivity index (χ3v) is 13.6. The average molecular weight is 892 g/mol. The minimum Gasteiger partial charge on any atom is -0.310 e. The summed E-state index contributed by atoms with van der Waals surface area (Å²) >= 11 is 0. The molecule has 0 aliphatic carbocycles. The quantitative estimate of drug-likeness (QED) is 0.137. The van der Waals surface area contributed by atoms with Crippen molar-refractivity contribution in [3.63, 3.8) is 0 Å². The Morgan fingerprint density at radius 1 is 0.290 bits per heavy atom. The summed E-state index contributed by atoms with van der Waals surface area (Å²) in [5.74, 6) is 0. The topological polar surface area (TPSA) is 29.0 Å². The highest BCUT2D eigenvalue weighted by Gasteiger charge is 2.25. The number of hydrogen-bond donors (Lipinski definition) is 0. The van der Waals surface area contributed by atoms with E-state index in [1.54, 1.807) is 0 Å². The molecule has 0 bridgehead atoms. The third kappa shape index (κ3) is 8.92. The summed E-state index contributed by atoms with van der Waals surface area (Å²) in [5.41, 5.74) is 28.4. The van der Waals surface area contributed by atoms with Gasteiger partial charge in [0.15, 0.2) is 0 Å². The molecular weight excluding hydrogens is 835 g/mol. The zero-order chi connectivity index (χ0) is 47.8. The molecule has 2 aromatic heterocycles. The van der Waals surface area contributed by atoms with Gasteiger partial charge in [0, 0.05) is 40.5 Å². The summed E-state index contributed by atoms with van der Waals surface area (Å²) in [6.45, 7) is 17.7. The van der Waals surface area contributed by atoms with Crippen molar-refractivity contribution in [3.05, 3.63) is 245 Å². The number of aryl methyl sites for hydroxylation is 8. The van der Waals surface area contributed by atoms with Crippen LogP contribution in [0.4, 0.5) is 17.1 Å². The molecule has 3 heteroatoms. The van der Waals surface area contributed by atoms with Crippen molar-refractivity contribution in [2.45, 2.75) is 55.4 Å². The maximum absolute atomic E-state index is 5.20. The average Bonchev–Trinajstić information content (AvgIpc) is 3.35. The highest BCUT2D eigenvalue weighted by molar-refractivity contribution is 5.95. The fourth-order valence-corrected chi connectivity index (χ4v) is 10.3. The number of rotatable bonds is 10. The van der Waals surface area contributed by atoms with E-state index in [9.17, 15) is 0 Å². The van der Waals surface area contributed by atoms with Crippen molar-refractivity contribution < 1.29 is 0 Å². The molecule has 0 saturated carbocycles. The van der Waals surface area contributed by atoms with Gasteiger partial charge in [-0.05, 0) is 199 Å². The van der Waals surface area contributed by atoms with Crippen LogP contribution in [0.25, 0.3) is 78.1 Å². The van der Waals surface area contributed by atoms with E-state index in [1.165, 1.54) is 66.8 Å². The molecule has 0 atom stereocenters. The first-order valence-corrected chi connectivity index (χ1v) is 24.0. The van der Waals surface area contributed by atoms with Crippen LogP contribution in [0.3, 0.4) is 0 Å². The van der Waals surface area contributed by atoms with Crippen LogP contribution in [0.1, 0.15) is 44.5 Å². The summed E-state index contributed by atoms with van der Waals surface area (Å²) < 4.78 is 0. The van der Waals surface area contributed by atoms with Gasteiger partial charge < -0.3 is 4.90 Å². The summed E-state index contributed by atoms with van der Waals surface area (Å²) in [6, 6.07) is 68.7. The number of anilines is 3. The van der Waals surface area contributed by atoms with Crippen LogP contribution in [0.15, 0.2) is 200 Å². The smallest absolute Gasteiger partial charge is 0.0709 e. The van der Waals surface area contributed by atoms with Crippen LogP contribution in [0.2, 0.25) is 0 Å². The minimum absolute atomic E-state index is 0.917. The van der Waals surface area contributed by atoms with Gasteiger partial charge in [-0.3, -0.25) is 9.97 Å². The molecule has 0 aliphatic heterocycles. The molecule has 0 radical (unpaired) electrons. The molecule has 0 amide bonds. The van der Waals surface area contributed by atoms with Gasteiger partial charge in [-0.15, -0.1) is 0 Å². The molecule has 0 saturated heterocycles. The molecule has 336 valence electrons. The highest BCUT2D eigenvalue weighted by atomic mass is 15.1. The Balaban J connectivity index is 1.32. The fraction of sp³-hybridized carbons (Fsp3) is 0.121. The molecule has 0 N–H and O–H groups in total. The second-order valence-electron chi connectivity index (χ2n) is 18.8. The predicted molar refractivity (Wildman–Crippen MR) is 293 cm³/mol. The molecule has 2 heterocycles. The van der Waals surface area contributed by atoms with E-state index in [4.69, 9.17) is 9.97 Å². The molecular formula is C66H57N3. The van der Waals surface area contributed by atoms with Gasteiger partial charge in [0.25, 0.3) is 0 Å². The van der Waals surface area contributed by atoms with Crippen molar-refractivity contribution in [2.24, 2.45) is 0 Å². The van der Waals surface area contributed by atoms with Crippen LogP contribution in [-0.4, -0.2) is 9.97 Å². The van der Waals surface area contributed by atoms with E-state index >= 15 is 0 Å². The first-order chi connectivity index (χ1) is 33.5. The summed E-state index contributed by atoms with van der Waals surface area (Å²) in [5, 5.41) is 0. The summed E-state index contributed by atoms with van der Waals surface area (Å²) in [7, 11) is 0. The Morgan fingerprint density at radius 2 is 0.667 bits per heavy atom. The van der Waals surface area contributed by atoms with Crippen molar-refractivity contribution >= 4 is 17.1 Å². The lowest BCUT2D eigenvalue weighted by molar-refractivity contribution is 1.23. The lowest BCUT2D eigenvalue weighted by atomic mass is 9.90. The second-order valence-corrected chi connectivity index (χ2v) is 18.8. The Morgan fingerprint density at radius 3 is 1.07 bits per heavy atom. The maximum atomic E-state index is 5.20. The molecule has 8 aromatic carbocycles. The van der Waals surface area contributed by atoms with Gasteiger partial charge in [-0.25, -0.2) is 0 Å². The van der Waals surface area contributed by atoms with Crippen LogP contribution in [0, 0.1) is 55.4 Å². The van der Waals surface area contributed by atoms with Crippen molar-refractivity contribution in [2.75, 3.05) is 4.90 Å². The van der Waals surface area contributed by atoms with Crippen LogP contribution < -0.4 is 4.90 Å². The van der Waals surface area contributed by atoms with E-state index in [1.807, 2.05) is 12.4 Å². The second kappa shape index (κ2) is 18.9. The van der Waals surface area contributed by atoms with Crippen LogP contribution in [0.5, 0.6) is 0 Å². The third-order valence-electron chi connectivity index (χ3n) is 13.6. The molecule has 3 nitrogen and oxygen atoms in total. The van der Waals surface area contributed by atoms with Gasteiger partial charge >= 0.3 is 0 Å². The van der Waals surface area contributed by atoms with Crippen molar-refractivity contribution in [3.8, 4) is 78.1 Å². The van der Waals surface area contributed by atoms with Gasteiger partial charge in [-0.2, -0.15) is 0 Å². The first-order valence-electron chi connectivity index (χ1n) is 24.0. The van der Waals surface area contributed by atoms with Gasteiger partial charge in [0.2, 0.25) is 0 Å². The normalized spacial score (nSPS) is 11.2. The van der Waals surface area contributed by atoms with E-state index < -0.39 is 0 Å². The molecule has 0 unspecified atom stereocenters. The molecule has 0 fully saturated rings. The van der Waals surface area contributed by atoms with Gasteiger partial charge in [0.1, 0.15) is 0 Å². The van der Waals surface area contributed by atoms with E-state index in [0.29, 0.717) is 0 Å².